The summed E-state index contributed by atoms with van der Waals surface area (Å²) in [6.07, 6.45) is -0.552. The molecule has 4 N–H and O–H groups in total. The van der Waals surface area contributed by atoms with Crippen molar-refractivity contribution in [3.05, 3.63) is 10.6 Å². The number of hydrogen-bond acceptors (Lipinski definition) is 12. The third-order valence-electron chi connectivity index (χ3n) is 5.92. The Kier molecular flexibility index (Phi) is 17.9. The van der Waals surface area contributed by atoms with Gasteiger partial charge in [0, 0.05) is 29.2 Å². The second-order valence-electron chi connectivity index (χ2n) is 9.00. The number of carbonyl (C=O) groups is 3. The Morgan fingerprint density at radius 2 is 1.63 bits per heavy atom. The molecular formula is C25H43NO10S2. The third kappa shape index (κ3) is 12.7. The van der Waals surface area contributed by atoms with Crippen molar-refractivity contribution >= 4 is 39.9 Å². The highest BCUT2D eigenvalue weighted by Crippen LogP contribution is 2.36. The van der Waals surface area contributed by atoms with E-state index in [9.17, 15) is 34.8 Å². The van der Waals surface area contributed by atoms with Gasteiger partial charge in [0.15, 0.2) is 6.29 Å². The van der Waals surface area contributed by atoms with Gasteiger partial charge in [-0.05, 0) is 19.8 Å². The van der Waals surface area contributed by atoms with Gasteiger partial charge in [-0.25, -0.2) is 0 Å². The van der Waals surface area contributed by atoms with Gasteiger partial charge in [-0.15, -0.1) is 0 Å². The number of carbonyl (C=O) groups excluding carboxylic acids is 3. The second-order valence-corrected chi connectivity index (χ2v) is 11.5. The Labute approximate surface area is 232 Å². The maximum absolute atomic E-state index is 12.4. The summed E-state index contributed by atoms with van der Waals surface area (Å²) >= 11 is 0. The number of allylic oxidation sites excluding steroid dienone is 1. The average molecular weight is 582 g/mol. The maximum Gasteiger partial charge on any atom is 0.326 e. The first-order valence-corrected chi connectivity index (χ1v) is 15.4. The van der Waals surface area contributed by atoms with Crippen LogP contribution in [0.2, 0.25) is 0 Å². The molecule has 0 aromatic carbocycles. The van der Waals surface area contributed by atoms with Gasteiger partial charge in [0.1, 0.15) is 37.6 Å². The van der Waals surface area contributed by atoms with Gasteiger partial charge in [0.2, 0.25) is 6.41 Å². The van der Waals surface area contributed by atoms with Crippen LogP contribution < -0.4 is 0 Å². The van der Waals surface area contributed by atoms with Crippen LogP contribution in [0.15, 0.2) is 10.6 Å². The molecule has 220 valence electrons. The summed E-state index contributed by atoms with van der Waals surface area (Å²) in [5.41, 5.74) is 0.524. The fraction of sp³-hybridized carbons (Fsp3) is 0.800. The fourth-order valence-corrected chi connectivity index (χ4v) is 6.05. The van der Waals surface area contributed by atoms with Crippen LogP contribution in [0.3, 0.4) is 0 Å². The van der Waals surface area contributed by atoms with Crippen LogP contribution >= 0.6 is 21.6 Å². The standard InChI is InChI=1S/C25H43NO10S2/c1-4-6-8-9-13-37-38-19(11-12-34-20(28)10-7-5-2)17(3)26(16-27)14-21(29)35-15-18-22(30)23(31)24(32)25(33)36-18/h16,18,22-25,30-33H,4-15H2,1-3H3/b19-17-. The van der Waals surface area contributed by atoms with E-state index in [4.69, 9.17) is 14.2 Å². The summed E-state index contributed by atoms with van der Waals surface area (Å²) in [7, 11) is 3.12. The van der Waals surface area contributed by atoms with E-state index >= 15 is 0 Å². The SMILES string of the molecule is CCCCCCSS/C(CCOC(=O)CCCC)=C(/C)N(C=O)CC(=O)OCC1OC(O)C(O)C(O)C1O. The van der Waals surface area contributed by atoms with Crippen molar-refractivity contribution in [3.63, 3.8) is 0 Å². The number of unbranched alkanes of at least 4 members (excludes halogenated alkanes) is 4. The molecule has 0 spiro atoms. The number of hydrogen-bond donors (Lipinski definition) is 4. The Hall–Kier alpha value is -1.35. The van der Waals surface area contributed by atoms with Crippen molar-refractivity contribution in [3.8, 4) is 0 Å². The number of aliphatic hydroxyl groups is 4. The molecule has 0 aliphatic carbocycles. The predicted molar refractivity (Wildman–Crippen MR) is 145 cm³/mol. The molecule has 1 aliphatic rings. The summed E-state index contributed by atoms with van der Waals surface area (Å²) in [6, 6.07) is 0. The Morgan fingerprint density at radius 3 is 2.29 bits per heavy atom. The summed E-state index contributed by atoms with van der Waals surface area (Å²) in [4.78, 5) is 38.1. The van der Waals surface area contributed by atoms with E-state index < -0.39 is 49.8 Å². The van der Waals surface area contributed by atoms with Crippen molar-refractivity contribution in [1.82, 2.24) is 4.90 Å². The van der Waals surface area contributed by atoms with Crippen molar-refractivity contribution in [1.29, 1.82) is 0 Å². The number of ether oxygens (including phenoxy) is 3. The number of esters is 2. The number of nitrogens with zero attached hydrogens (tertiary/aromatic N) is 1. The summed E-state index contributed by atoms with van der Waals surface area (Å²) in [6.45, 7) is 5.07. The zero-order valence-corrected chi connectivity index (χ0v) is 24.1. The highest BCUT2D eigenvalue weighted by Gasteiger charge is 2.43. The molecule has 0 aromatic heterocycles. The Morgan fingerprint density at radius 1 is 0.921 bits per heavy atom. The van der Waals surface area contributed by atoms with Crippen molar-refractivity contribution in [2.75, 3.05) is 25.5 Å². The molecule has 13 heteroatoms. The van der Waals surface area contributed by atoms with Gasteiger partial charge >= 0.3 is 11.9 Å². The summed E-state index contributed by atoms with van der Waals surface area (Å²) < 4.78 is 15.4. The van der Waals surface area contributed by atoms with Crippen LogP contribution in [0.25, 0.3) is 0 Å². The minimum atomic E-state index is -1.75. The summed E-state index contributed by atoms with van der Waals surface area (Å²) in [5, 5.41) is 38.9. The third-order valence-corrected chi connectivity index (χ3v) is 8.66. The van der Waals surface area contributed by atoms with E-state index in [1.54, 1.807) is 17.7 Å². The number of rotatable bonds is 19. The first-order chi connectivity index (χ1) is 18.2. The van der Waals surface area contributed by atoms with Crippen LogP contribution in [-0.2, 0) is 28.6 Å². The molecule has 11 nitrogen and oxygen atoms in total. The molecule has 1 amide bonds. The van der Waals surface area contributed by atoms with Gasteiger partial charge in [0.05, 0.1) is 6.61 Å². The molecule has 1 aliphatic heterocycles. The molecule has 5 unspecified atom stereocenters. The molecule has 0 saturated carbocycles. The van der Waals surface area contributed by atoms with E-state index in [1.807, 2.05) is 6.92 Å². The maximum atomic E-state index is 12.4. The minimum Gasteiger partial charge on any atom is -0.465 e. The molecule has 0 aromatic rings. The largest absolute Gasteiger partial charge is 0.465 e. The van der Waals surface area contributed by atoms with Crippen LogP contribution in [0.4, 0.5) is 0 Å². The molecule has 38 heavy (non-hydrogen) atoms. The Balaban J connectivity index is 2.75. The monoisotopic (exact) mass is 581 g/mol. The zero-order chi connectivity index (χ0) is 28.5. The lowest BCUT2D eigenvalue weighted by Gasteiger charge is -2.37. The van der Waals surface area contributed by atoms with Gasteiger partial charge in [-0.1, -0.05) is 61.1 Å². The lowest BCUT2D eigenvalue weighted by molar-refractivity contribution is -0.287. The van der Waals surface area contributed by atoms with Crippen molar-refractivity contribution in [2.24, 2.45) is 0 Å². The van der Waals surface area contributed by atoms with Crippen LogP contribution in [-0.4, -0.2) is 99.9 Å². The second kappa shape index (κ2) is 19.7. The molecule has 0 bridgehead atoms. The normalized spacial score (nSPS) is 23.9. The predicted octanol–water partition coefficient (Wildman–Crippen LogP) is 2.10. The fourth-order valence-electron chi connectivity index (χ4n) is 3.46. The van der Waals surface area contributed by atoms with E-state index in [-0.39, 0.29) is 12.6 Å². The van der Waals surface area contributed by atoms with Crippen LogP contribution in [0, 0.1) is 0 Å². The highest BCUT2D eigenvalue weighted by atomic mass is 33.1. The highest BCUT2D eigenvalue weighted by molar-refractivity contribution is 8.78. The van der Waals surface area contributed by atoms with E-state index in [2.05, 4.69) is 6.92 Å². The molecule has 1 heterocycles. The number of amides is 1. The molecule has 1 fully saturated rings. The van der Waals surface area contributed by atoms with E-state index in [0.717, 1.165) is 42.8 Å². The van der Waals surface area contributed by atoms with E-state index in [0.29, 0.717) is 24.9 Å². The smallest absolute Gasteiger partial charge is 0.326 e. The molecule has 5 atom stereocenters. The summed E-state index contributed by atoms with van der Waals surface area (Å²) in [5.74, 6) is -0.159. The van der Waals surface area contributed by atoms with Crippen LogP contribution in [0.5, 0.6) is 0 Å². The lowest BCUT2D eigenvalue weighted by Crippen LogP contribution is -2.58. The lowest BCUT2D eigenvalue weighted by atomic mass is 9.99. The van der Waals surface area contributed by atoms with Crippen molar-refractivity contribution in [2.45, 2.75) is 103 Å². The average Bonchev–Trinajstić information content (AvgIpc) is 2.91. The van der Waals surface area contributed by atoms with Crippen LogP contribution in [0.1, 0.15) is 72.1 Å². The Bertz CT molecular complexity index is 754. The zero-order valence-electron chi connectivity index (χ0n) is 22.5. The van der Waals surface area contributed by atoms with Crippen molar-refractivity contribution < 1.29 is 49.0 Å². The first kappa shape index (κ1) is 34.7. The van der Waals surface area contributed by atoms with Gasteiger partial charge in [-0.3, -0.25) is 14.4 Å². The molecular weight excluding hydrogens is 538 g/mol. The topological polar surface area (TPSA) is 163 Å². The van der Waals surface area contributed by atoms with Gasteiger partial charge in [-0.2, -0.15) is 0 Å². The molecule has 1 rings (SSSR count). The van der Waals surface area contributed by atoms with E-state index in [1.165, 1.54) is 22.1 Å². The molecule has 1 saturated heterocycles. The van der Waals surface area contributed by atoms with Gasteiger partial charge in [0.25, 0.3) is 0 Å². The number of aliphatic hydroxyl groups excluding tert-OH is 4. The quantitative estimate of drug-likeness (QED) is 0.0761. The first-order valence-electron chi connectivity index (χ1n) is 13.1. The molecule has 0 radical (unpaired) electrons. The minimum absolute atomic E-state index is 0.156. The van der Waals surface area contributed by atoms with Gasteiger partial charge < -0.3 is 39.5 Å².